The van der Waals surface area contributed by atoms with Crippen molar-refractivity contribution in [2.75, 3.05) is 19.6 Å². The van der Waals surface area contributed by atoms with Gasteiger partial charge >= 0.3 is 0 Å². The van der Waals surface area contributed by atoms with Gasteiger partial charge < -0.3 is 10.6 Å². The number of nitrogens with one attached hydrogen (secondary N) is 2. The normalized spacial score (nSPS) is 18.9. The van der Waals surface area contributed by atoms with Gasteiger partial charge in [0.15, 0.2) is 0 Å². The summed E-state index contributed by atoms with van der Waals surface area (Å²) in [6.45, 7) is 2.30. The van der Waals surface area contributed by atoms with Gasteiger partial charge in [-0.3, -0.25) is 4.79 Å². The van der Waals surface area contributed by atoms with Gasteiger partial charge in [-0.15, -0.1) is 12.4 Å². The van der Waals surface area contributed by atoms with E-state index >= 15 is 0 Å². The van der Waals surface area contributed by atoms with Gasteiger partial charge in [0.05, 0.1) is 6.54 Å². The number of carbonyl (C=O) groups is 1. The number of halogens is 1. The Morgan fingerprint density at radius 1 is 1.18 bits per heavy atom. The Morgan fingerprint density at radius 2 is 1.91 bits per heavy atom. The van der Waals surface area contributed by atoms with Crippen LogP contribution in [0.15, 0.2) is 30.3 Å². The first-order chi connectivity index (χ1) is 10.3. The molecule has 0 bridgehead atoms. The van der Waals surface area contributed by atoms with Crippen molar-refractivity contribution in [1.82, 2.24) is 10.6 Å². The van der Waals surface area contributed by atoms with Crippen LogP contribution in [0, 0.1) is 11.3 Å². The van der Waals surface area contributed by atoms with E-state index in [1.807, 2.05) is 0 Å². The third-order valence-electron chi connectivity index (χ3n) is 4.91. The van der Waals surface area contributed by atoms with Crippen LogP contribution in [0.1, 0.15) is 37.7 Å². The predicted octanol–water partition coefficient (Wildman–Crippen LogP) is 2.94. The van der Waals surface area contributed by atoms with Crippen molar-refractivity contribution < 1.29 is 4.79 Å². The molecule has 0 aromatic heterocycles. The van der Waals surface area contributed by atoms with Gasteiger partial charge in [-0.25, -0.2) is 0 Å². The molecule has 0 spiro atoms. The second kappa shape index (κ2) is 7.98. The lowest BCUT2D eigenvalue weighted by molar-refractivity contribution is -0.121. The highest BCUT2D eigenvalue weighted by atomic mass is 35.5. The fraction of sp³-hybridized carbons (Fsp3) is 0.611. The molecule has 2 aliphatic rings. The Kier molecular flexibility index (Phi) is 6.27. The Labute approximate surface area is 139 Å². The van der Waals surface area contributed by atoms with E-state index in [9.17, 15) is 4.79 Å². The van der Waals surface area contributed by atoms with E-state index in [0.29, 0.717) is 12.0 Å². The van der Waals surface area contributed by atoms with Crippen LogP contribution in [0.3, 0.4) is 0 Å². The minimum absolute atomic E-state index is 0. The Hall–Kier alpha value is -1.06. The van der Waals surface area contributed by atoms with Crippen LogP contribution in [0.25, 0.3) is 0 Å². The summed E-state index contributed by atoms with van der Waals surface area (Å²) in [5, 5.41) is 6.40. The van der Waals surface area contributed by atoms with Crippen molar-refractivity contribution in [3.63, 3.8) is 0 Å². The standard InChI is InChI=1S/C18H26N2O.ClH/c21-17(13-19-12-16-7-8-16)20-14-18(9-4-10-18)11-15-5-2-1-3-6-15;/h1-3,5-6,16,19H,4,7-14H2,(H,20,21);1H. The molecular weight excluding hydrogens is 296 g/mol. The van der Waals surface area contributed by atoms with Gasteiger partial charge in [-0.05, 0) is 55.5 Å². The molecule has 0 atom stereocenters. The molecule has 0 unspecified atom stereocenters. The Balaban J connectivity index is 0.00000176. The highest BCUT2D eigenvalue weighted by Gasteiger charge is 2.37. The molecule has 0 aliphatic heterocycles. The number of amides is 1. The zero-order valence-corrected chi connectivity index (χ0v) is 14.0. The van der Waals surface area contributed by atoms with Crippen LogP contribution >= 0.6 is 12.4 Å². The number of hydrogen-bond donors (Lipinski definition) is 2. The molecule has 122 valence electrons. The lowest BCUT2D eigenvalue weighted by atomic mass is 9.65. The average Bonchev–Trinajstić information content (AvgIpc) is 3.27. The number of benzene rings is 1. The van der Waals surface area contributed by atoms with Crippen molar-refractivity contribution in [3.05, 3.63) is 35.9 Å². The summed E-state index contributed by atoms with van der Waals surface area (Å²) in [5.74, 6) is 0.976. The maximum atomic E-state index is 11.9. The van der Waals surface area contributed by atoms with Gasteiger partial charge in [0.25, 0.3) is 0 Å². The molecule has 0 radical (unpaired) electrons. The fourth-order valence-electron chi connectivity index (χ4n) is 3.18. The van der Waals surface area contributed by atoms with Crippen LogP contribution in [0.2, 0.25) is 0 Å². The summed E-state index contributed by atoms with van der Waals surface area (Å²) < 4.78 is 0. The molecule has 2 fully saturated rings. The van der Waals surface area contributed by atoms with Crippen LogP contribution in [0.4, 0.5) is 0 Å². The summed E-state index contributed by atoms with van der Waals surface area (Å²) >= 11 is 0. The Morgan fingerprint density at radius 3 is 2.50 bits per heavy atom. The number of carbonyl (C=O) groups excluding carboxylic acids is 1. The third-order valence-corrected chi connectivity index (χ3v) is 4.91. The van der Waals surface area contributed by atoms with E-state index < -0.39 is 0 Å². The first-order valence-electron chi connectivity index (χ1n) is 8.27. The van der Waals surface area contributed by atoms with E-state index in [1.54, 1.807) is 0 Å². The zero-order chi connectivity index (χ0) is 14.5. The van der Waals surface area contributed by atoms with Crippen molar-refractivity contribution in [3.8, 4) is 0 Å². The number of hydrogen-bond acceptors (Lipinski definition) is 2. The molecule has 1 aromatic rings. The van der Waals surface area contributed by atoms with Crippen LogP contribution in [-0.4, -0.2) is 25.5 Å². The quantitative estimate of drug-likeness (QED) is 0.772. The van der Waals surface area contributed by atoms with E-state index in [0.717, 1.165) is 25.4 Å². The van der Waals surface area contributed by atoms with Crippen molar-refractivity contribution in [2.45, 2.75) is 38.5 Å². The first kappa shape index (κ1) is 17.3. The van der Waals surface area contributed by atoms with Gasteiger partial charge in [-0.2, -0.15) is 0 Å². The SMILES string of the molecule is Cl.O=C(CNCC1CC1)NCC1(Cc2ccccc2)CCC1. The maximum Gasteiger partial charge on any atom is 0.233 e. The molecule has 2 aliphatic carbocycles. The molecule has 3 rings (SSSR count). The van der Waals surface area contributed by atoms with Gasteiger partial charge in [-0.1, -0.05) is 36.8 Å². The molecule has 0 saturated heterocycles. The lowest BCUT2D eigenvalue weighted by Crippen LogP contribution is -2.45. The highest BCUT2D eigenvalue weighted by molar-refractivity contribution is 5.85. The molecule has 1 amide bonds. The summed E-state index contributed by atoms with van der Waals surface area (Å²) in [4.78, 5) is 11.9. The summed E-state index contributed by atoms with van der Waals surface area (Å²) in [6, 6.07) is 10.6. The summed E-state index contributed by atoms with van der Waals surface area (Å²) in [7, 11) is 0. The number of rotatable bonds is 8. The molecule has 22 heavy (non-hydrogen) atoms. The molecule has 3 nitrogen and oxygen atoms in total. The molecule has 1 aromatic carbocycles. The van der Waals surface area contributed by atoms with Gasteiger partial charge in [0, 0.05) is 6.54 Å². The van der Waals surface area contributed by atoms with E-state index in [2.05, 4.69) is 41.0 Å². The largest absolute Gasteiger partial charge is 0.354 e. The van der Waals surface area contributed by atoms with Crippen LogP contribution in [0.5, 0.6) is 0 Å². The first-order valence-corrected chi connectivity index (χ1v) is 8.27. The van der Waals surface area contributed by atoms with E-state index in [1.165, 1.54) is 37.7 Å². The van der Waals surface area contributed by atoms with Crippen LogP contribution < -0.4 is 10.6 Å². The van der Waals surface area contributed by atoms with Crippen LogP contribution in [-0.2, 0) is 11.2 Å². The molecule has 2 saturated carbocycles. The fourth-order valence-corrected chi connectivity index (χ4v) is 3.18. The van der Waals surface area contributed by atoms with Crippen molar-refractivity contribution in [1.29, 1.82) is 0 Å². The van der Waals surface area contributed by atoms with Crippen molar-refractivity contribution in [2.24, 2.45) is 11.3 Å². The molecular formula is C18H27ClN2O. The minimum atomic E-state index is 0. The third kappa shape index (κ3) is 4.99. The van der Waals surface area contributed by atoms with E-state index in [-0.39, 0.29) is 18.3 Å². The molecule has 2 N–H and O–H groups in total. The second-order valence-electron chi connectivity index (χ2n) is 6.87. The topological polar surface area (TPSA) is 41.1 Å². The minimum Gasteiger partial charge on any atom is -0.354 e. The predicted molar refractivity (Wildman–Crippen MR) is 92.3 cm³/mol. The molecule has 4 heteroatoms. The highest BCUT2D eigenvalue weighted by Crippen LogP contribution is 2.43. The second-order valence-corrected chi connectivity index (χ2v) is 6.87. The summed E-state index contributed by atoms with van der Waals surface area (Å²) in [6.07, 6.45) is 7.51. The zero-order valence-electron chi connectivity index (χ0n) is 13.1. The summed E-state index contributed by atoms with van der Waals surface area (Å²) in [5.41, 5.74) is 1.69. The van der Waals surface area contributed by atoms with Gasteiger partial charge in [0.1, 0.15) is 0 Å². The van der Waals surface area contributed by atoms with Gasteiger partial charge in [0.2, 0.25) is 5.91 Å². The molecule has 0 heterocycles. The Bertz CT molecular complexity index is 469. The average molecular weight is 323 g/mol. The monoisotopic (exact) mass is 322 g/mol. The smallest absolute Gasteiger partial charge is 0.233 e. The van der Waals surface area contributed by atoms with E-state index in [4.69, 9.17) is 0 Å². The maximum absolute atomic E-state index is 11.9. The lowest BCUT2D eigenvalue weighted by Gasteiger charge is -2.42. The van der Waals surface area contributed by atoms with Crippen molar-refractivity contribution >= 4 is 18.3 Å².